The van der Waals surface area contributed by atoms with Gasteiger partial charge in [0, 0.05) is 14.2 Å². The third-order valence-corrected chi connectivity index (χ3v) is 3.19. The van der Waals surface area contributed by atoms with Gasteiger partial charge in [0.1, 0.15) is 0 Å². The Morgan fingerprint density at radius 3 is 2.84 bits per heavy atom. The lowest BCUT2D eigenvalue weighted by Crippen LogP contribution is -2.39. The minimum absolute atomic E-state index is 0.0605. The molecule has 4 nitrogen and oxygen atoms in total. The van der Waals surface area contributed by atoms with E-state index in [1.54, 1.807) is 19.1 Å². The Kier molecular flexibility index (Phi) is 6.53. The van der Waals surface area contributed by atoms with Gasteiger partial charge in [0.25, 0.3) is 0 Å². The average molecular weight is 265 g/mol. The molecule has 0 aromatic carbocycles. The number of carbonyl (C=O) groups is 1. The molecule has 0 heterocycles. The summed E-state index contributed by atoms with van der Waals surface area (Å²) in [7, 11) is 3.45. The second-order valence-electron chi connectivity index (χ2n) is 4.65. The number of amides is 1. The van der Waals surface area contributed by atoms with E-state index in [1.165, 1.54) is 6.08 Å². The Balaban J connectivity index is 2.50. The molecule has 0 aromatic rings. The number of likely N-dealkylation sites (N-methyl/N-ethyl adjacent to an activating group) is 1. The Morgan fingerprint density at radius 2 is 2.26 bits per heavy atom. The summed E-state index contributed by atoms with van der Waals surface area (Å²) in [6, 6.07) is 0.0771. The van der Waals surface area contributed by atoms with Crippen molar-refractivity contribution in [1.82, 2.24) is 4.90 Å². The van der Waals surface area contributed by atoms with Crippen molar-refractivity contribution in [1.29, 1.82) is 0 Å². The highest BCUT2D eigenvalue weighted by atomic mass is 16.5. The van der Waals surface area contributed by atoms with Crippen LogP contribution in [0.2, 0.25) is 0 Å². The smallest absolute Gasteiger partial charge is 0.246 e. The number of carbonyl (C=O) groups excluding carboxylic acids is 1. The van der Waals surface area contributed by atoms with Crippen molar-refractivity contribution in [2.75, 3.05) is 34.0 Å². The molecule has 0 spiro atoms. The lowest BCUT2D eigenvalue weighted by molar-refractivity contribution is -0.126. The number of nitrogens with zero attached hydrogens (tertiary/aromatic N) is 1. The Bertz CT molecular complexity index is 374. The van der Waals surface area contributed by atoms with E-state index in [-0.39, 0.29) is 17.9 Å². The van der Waals surface area contributed by atoms with Gasteiger partial charge in [0.15, 0.2) is 0 Å². The van der Waals surface area contributed by atoms with Crippen LogP contribution in [0.3, 0.4) is 0 Å². The first kappa shape index (κ1) is 15.7. The van der Waals surface area contributed by atoms with Gasteiger partial charge in [-0.05, 0) is 17.6 Å². The monoisotopic (exact) mass is 265 g/mol. The largest absolute Gasteiger partial charge is 0.382 e. The normalized spacial score (nSPS) is 21.9. The van der Waals surface area contributed by atoms with E-state index in [0.717, 1.165) is 5.57 Å². The van der Waals surface area contributed by atoms with E-state index >= 15 is 0 Å². The van der Waals surface area contributed by atoms with E-state index in [9.17, 15) is 4.79 Å². The van der Waals surface area contributed by atoms with Crippen LogP contribution in [0.5, 0.6) is 0 Å². The van der Waals surface area contributed by atoms with Crippen LogP contribution in [0.1, 0.15) is 6.92 Å². The predicted octanol–water partition coefficient (Wildman–Crippen LogP) is 1.79. The number of methoxy groups -OCH3 is 1. The molecule has 1 amide bonds. The fraction of sp³-hybridized carbons (Fsp3) is 0.533. The van der Waals surface area contributed by atoms with Crippen LogP contribution in [-0.4, -0.2) is 50.8 Å². The van der Waals surface area contributed by atoms with E-state index < -0.39 is 0 Å². The summed E-state index contributed by atoms with van der Waals surface area (Å²) in [5.74, 6) is 0.203. The first-order chi connectivity index (χ1) is 9.10. The highest BCUT2D eigenvalue weighted by molar-refractivity contribution is 5.87. The molecule has 0 saturated heterocycles. The van der Waals surface area contributed by atoms with Crippen molar-refractivity contribution in [3.63, 3.8) is 0 Å². The highest BCUT2D eigenvalue weighted by Gasteiger charge is 2.23. The fourth-order valence-electron chi connectivity index (χ4n) is 2.09. The van der Waals surface area contributed by atoms with Gasteiger partial charge in [-0.1, -0.05) is 31.7 Å². The summed E-state index contributed by atoms with van der Waals surface area (Å²) in [6.45, 7) is 7.38. The average Bonchev–Trinajstić information content (AvgIpc) is 2.42. The lowest BCUT2D eigenvalue weighted by atomic mass is 9.92. The first-order valence-corrected chi connectivity index (χ1v) is 6.45. The van der Waals surface area contributed by atoms with Gasteiger partial charge >= 0.3 is 0 Å². The van der Waals surface area contributed by atoms with Gasteiger partial charge in [0.05, 0.1) is 25.9 Å². The van der Waals surface area contributed by atoms with Gasteiger partial charge in [-0.3, -0.25) is 4.79 Å². The number of rotatable bonds is 7. The molecular formula is C15H23NO3. The molecule has 19 heavy (non-hydrogen) atoms. The Morgan fingerprint density at radius 1 is 1.53 bits per heavy atom. The Labute approximate surface area is 115 Å². The number of hydrogen-bond donors (Lipinski definition) is 0. The number of ether oxygens (including phenoxy) is 2. The molecule has 106 valence electrons. The maximum Gasteiger partial charge on any atom is 0.246 e. The van der Waals surface area contributed by atoms with Gasteiger partial charge in [-0.15, -0.1) is 0 Å². The topological polar surface area (TPSA) is 38.8 Å². The first-order valence-electron chi connectivity index (χ1n) is 6.45. The molecule has 2 atom stereocenters. The van der Waals surface area contributed by atoms with Crippen molar-refractivity contribution in [2.45, 2.75) is 13.0 Å². The zero-order valence-electron chi connectivity index (χ0n) is 12.0. The molecule has 0 bridgehead atoms. The van der Waals surface area contributed by atoms with E-state index in [4.69, 9.17) is 9.47 Å². The van der Waals surface area contributed by atoms with Crippen LogP contribution in [0, 0.1) is 5.92 Å². The van der Waals surface area contributed by atoms with Crippen LogP contribution in [0.15, 0.2) is 36.5 Å². The molecule has 4 heteroatoms. The summed E-state index contributed by atoms with van der Waals surface area (Å²) in [5, 5.41) is 0. The van der Waals surface area contributed by atoms with E-state index in [0.29, 0.717) is 19.8 Å². The molecule has 0 fully saturated rings. The summed E-state index contributed by atoms with van der Waals surface area (Å²) in [5.41, 5.74) is 1.14. The third-order valence-electron chi connectivity index (χ3n) is 3.19. The molecule has 1 aliphatic rings. The van der Waals surface area contributed by atoms with Crippen LogP contribution in [-0.2, 0) is 14.3 Å². The fourth-order valence-corrected chi connectivity index (χ4v) is 2.09. The second kappa shape index (κ2) is 7.92. The molecule has 1 rings (SSSR count). The predicted molar refractivity (Wildman–Crippen MR) is 75.8 cm³/mol. The highest BCUT2D eigenvalue weighted by Crippen LogP contribution is 2.21. The van der Waals surface area contributed by atoms with Crippen molar-refractivity contribution >= 4 is 5.91 Å². The zero-order chi connectivity index (χ0) is 14.3. The number of hydrogen-bond acceptors (Lipinski definition) is 3. The van der Waals surface area contributed by atoms with Crippen LogP contribution in [0.25, 0.3) is 0 Å². The Hall–Kier alpha value is -1.39. The summed E-state index contributed by atoms with van der Waals surface area (Å²) in [6.07, 6.45) is 7.55. The van der Waals surface area contributed by atoms with Gasteiger partial charge < -0.3 is 14.4 Å². The molecule has 0 saturated carbocycles. The van der Waals surface area contributed by atoms with Crippen LogP contribution < -0.4 is 0 Å². The molecule has 0 aliphatic heterocycles. The van der Waals surface area contributed by atoms with Crippen molar-refractivity contribution in [2.24, 2.45) is 5.92 Å². The molecule has 0 aromatic heterocycles. The maximum atomic E-state index is 11.6. The third kappa shape index (κ3) is 4.65. The minimum atomic E-state index is -0.0605. The molecule has 0 N–H and O–H groups in total. The lowest BCUT2D eigenvalue weighted by Gasteiger charge is -2.31. The van der Waals surface area contributed by atoms with Crippen molar-refractivity contribution < 1.29 is 14.3 Å². The molecule has 0 radical (unpaired) electrons. The standard InChI is InChI=1S/C15H23NO3/c1-5-15(17)16(3)14-7-6-13(10-12(14)2)11-19-9-8-18-4/h5-7,10,12,14H,1,8-9,11H2,2-4H3. The van der Waals surface area contributed by atoms with Crippen molar-refractivity contribution in [3.05, 3.63) is 36.5 Å². The van der Waals surface area contributed by atoms with Gasteiger partial charge in [0.2, 0.25) is 5.91 Å². The quantitative estimate of drug-likeness (QED) is 0.520. The minimum Gasteiger partial charge on any atom is -0.382 e. The SMILES string of the molecule is C=CC(=O)N(C)C1C=CC(COCCOC)=CC1C. The second-order valence-corrected chi connectivity index (χ2v) is 4.65. The van der Waals surface area contributed by atoms with Gasteiger partial charge in [-0.2, -0.15) is 0 Å². The molecule has 2 unspecified atom stereocenters. The maximum absolute atomic E-state index is 11.6. The van der Waals surface area contributed by atoms with Crippen LogP contribution >= 0.6 is 0 Å². The molecule has 1 aliphatic carbocycles. The van der Waals surface area contributed by atoms with Crippen LogP contribution in [0.4, 0.5) is 0 Å². The van der Waals surface area contributed by atoms with E-state index in [2.05, 4.69) is 19.6 Å². The summed E-state index contributed by atoms with van der Waals surface area (Å²) >= 11 is 0. The summed E-state index contributed by atoms with van der Waals surface area (Å²) in [4.78, 5) is 13.3. The van der Waals surface area contributed by atoms with Gasteiger partial charge in [-0.25, -0.2) is 0 Å². The summed E-state index contributed by atoms with van der Waals surface area (Å²) < 4.78 is 10.4. The zero-order valence-corrected chi connectivity index (χ0v) is 12.0. The van der Waals surface area contributed by atoms with E-state index in [1.807, 2.05) is 12.2 Å². The molecular weight excluding hydrogens is 242 g/mol. The van der Waals surface area contributed by atoms with Crippen molar-refractivity contribution in [3.8, 4) is 0 Å².